The van der Waals surface area contributed by atoms with Crippen molar-refractivity contribution < 1.29 is 4.79 Å². The molecule has 6 heteroatoms. The maximum absolute atomic E-state index is 12.5. The number of benzene rings is 2. The van der Waals surface area contributed by atoms with Crippen molar-refractivity contribution in [2.75, 3.05) is 36.4 Å². The number of hydrogen-bond donors (Lipinski definition) is 1. The number of fused-ring (bicyclic) bond motifs is 1. The number of urea groups is 1. The smallest absolute Gasteiger partial charge is 0.321 e. The minimum absolute atomic E-state index is 0.0337. The Kier molecular flexibility index (Phi) is 4.51. The van der Waals surface area contributed by atoms with Crippen molar-refractivity contribution in [3.63, 3.8) is 0 Å². The highest BCUT2D eigenvalue weighted by Gasteiger charge is 2.23. The minimum Gasteiger partial charge on any atom is -0.345 e. The van der Waals surface area contributed by atoms with Gasteiger partial charge in [-0.15, -0.1) is 0 Å². The first kappa shape index (κ1) is 16.8. The summed E-state index contributed by atoms with van der Waals surface area (Å²) in [7, 11) is 0. The molecule has 3 aromatic rings. The van der Waals surface area contributed by atoms with Crippen LogP contribution < -0.4 is 10.2 Å². The SMILES string of the molecule is Cc1ccc(NC(=O)N2CCN(c3nc4c(C)cccc4s3)CC2)cc1. The Labute approximate surface area is 157 Å². The quantitative estimate of drug-likeness (QED) is 0.737. The van der Waals surface area contributed by atoms with E-state index in [1.54, 1.807) is 11.3 Å². The lowest BCUT2D eigenvalue weighted by Gasteiger charge is -2.34. The second kappa shape index (κ2) is 6.96. The second-order valence-electron chi connectivity index (χ2n) is 6.69. The van der Waals surface area contributed by atoms with Crippen LogP contribution in [0, 0.1) is 13.8 Å². The van der Waals surface area contributed by atoms with E-state index in [0.717, 1.165) is 29.4 Å². The topological polar surface area (TPSA) is 48.5 Å². The molecular formula is C20H22N4OS. The van der Waals surface area contributed by atoms with E-state index in [1.807, 2.05) is 36.1 Å². The zero-order valence-electron chi connectivity index (χ0n) is 15.0. The van der Waals surface area contributed by atoms with Gasteiger partial charge in [0.2, 0.25) is 0 Å². The van der Waals surface area contributed by atoms with Crippen molar-refractivity contribution in [3.05, 3.63) is 53.6 Å². The normalized spacial score (nSPS) is 14.7. The number of aromatic nitrogens is 1. The van der Waals surface area contributed by atoms with E-state index in [1.165, 1.54) is 15.8 Å². The number of amides is 2. The average molecular weight is 366 g/mol. The molecule has 2 amide bonds. The summed E-state index contributed by atoms with van der Waals surface area (Å²) in [6, 6.07) is 14.1. The summed E-state index contributed by atoms with van der Waals surface area (Å²) in [5.74, 6) is 0. The molecule has 1 aromatic heterocycles. The molecule has 0 radical (unpaired) electrons. The number of thiazole rings is 1. The van der Waals surface area contributed by atoms with Crippen molar-refractivity contribution in [2.45, 2.75) is 13.8 Å². The van der Waals surface area contributed by atoms with Gasteiger partial charge in [-0.3, -0.25) is 0 Å². The van der Waals surface area contributed by atoms with Crippen LogP contribution in [0.15, 0.2) is 42.5 Å². The minimum atomic E-state index is -0.0337. The Morgan fingerprint density at radius 3 is 2.46 bits per heavy atom. The fourth-order valence-corrected chi connectivity index (χ4v) is 4.25. The zero-order valence-corrected chi connectivity index (χ0v) is 15.8. The Bertz CT molecular complexity index is 927. The molecule has 0 spiro atoms. The van der Waals surface area contributed by atoms with Crippen molar-refractivity contribution in [2.24, 2.45) is 0 Å². The third-order valence-electron chi connectivity index (χ3n) is 4.75. The van der Waals surface area contributed by atoms with Crippen LogP contribution in [0.2, 0.25) is 0 Å². The number of carbonyl (C=O) groups is 1. The van der Waals surface area contributed by atoms with Crippen LogP contribution in [0.25, 0.3) is 10.2 Å². The molecule has 2 heterocycles. The number of anilines is 2. The van der Waals surface area contributed by atoms with E-state index < -0.39 is 0 Å². The summed E-state index contributed by atoms with van der Waals surface area (Å²) >= 11 is 1.73. The van der Waals surface area contributed by atoms with E-state index in [9.17, 15) is 4.79 Å². The van der Waals surface area contributed by atoms with Gasteiger partial charge in [-0.05, 0) is 37.6 Å². The van der Waals surface area contributed by atoms with Gasteiger partial charge in [-0.1, -0.05) is 41.2 Å². The molecule has 0 bridgehead atoms. The first-order chi connectivity index (χ1) is 12.6. The van der Waals surface area contributed by atoms with E-state index in [0.29, 0.717) is 13.1 Å². The molecule has 0 saturated carbocycles. The van der Waals surface area contributed by atoms with Crippen molar-refractivity contribution in [1.29, 1.82) is 0 Å². The van der Waals surface area contributed by atoms with Crippen LogP contribution in [0.5, 0.6) is 0 Å². The molecule has 1 saturated heterocycles. The van der Waals surface area contributed by atoms with Gasteiger partial charge in [-0.25, -0.2) is 9.78 Å². The number of hydrogen-bond acceptors (Lipinski definition) is 4. The molecule has 1 aliphatic rings. The maximum Gasteiger partial charge on any atom is 0.321 e. The van der Waals surface area contributed by atoms with Crippen molar-refractivity contribution in [1.82, 2.24) is 9.88 Å². The number of carbonyl (C=O) groups excluding carboxylic acids is 1. The molecule has 134 valence electrons. The van der Waals surface area contributed by atoms with Gasteiger partial charge in [0.25, 0.3) is 0 Å². The van der Waals surface area contributed by atoms with Crippen molar-refractivity contribution >= 4 is 38.4 Å². The van der Waals surface area contributed by atoms with Crippen LogP contribution in [0.3, 0.4) is 0 Å². The number of aryl methyl sites for hydroxylation is 2. The highest BCUT2D eigenvalue weighted by atomic mass is 32.1. The molecular weight excluding hydrogens is 344 g/mol. The highest BCUT2D eigenvalue weighted by Crippen LogP contribution is 2.31. The lowest BCUT2D eigenvalue weighted by molar-refractivity contribution is 0.208. The van der Waals surface area contributed by atoms with Crippen molar-refractivity contribution in [3.8, 4) is 0 Å². The van der Waals surface area contributed by atoms with Crippen LogP contribution in [-0.4, -0.2) is 42.1 Å². The summed E-state index contributed by atoms with van der Waals surface area (Å²) in [5, 5.41) is 4.03. The first-order valence-electron chi connectivity index (χ1n) is 8.84. The number of nitrogens with one attached hydrogen (secondary N) is 1. The highest BCUT2D eigenvalue weighted by molar-refractivity contribution is 7.22. The Balaban J connectivity index is 1.39. The van der Waals surface area contributed by atoms with E-state index in [4.69, 9.17) is 4.98 Å². The predicted molar refractivity (Wildman–Crippen MR) is 108 cm³/mol. The average Bonchev–Trinajstić information content (AvgIpc) is 3.09. The van der Waals surface area contributed by atoms with Gasteiger partial charge in [0.15, 0.2) is 5.13 Å². The summed E-state index contributed by atoms with van der Waals surface area (Å²) < 4.78 is 1.22. The van der Waals surface area contributed by atoms with Crippen LogP contribution in [0.4, 0.5) is 15.6 Å². The Morgan fingerprint density at radius 2 is 1.77 bits per heavy atom. The molecule has 0 aliphatic carbocycles. The lowest BCUT2D eigenvalue weighted by Crippen LogP contribution is -2.50. The number of rotatable bonds is 2. The number of nitrogens with zero attached hydrogens (tertiary/aromatic N) is 3. The second-order valence-corrected chi connectivity index (χ2v) is 7.70. The molecule has 1 aliphatic heterocycles. The van der Waals surface area contributed by atoms with E-state index in [2.05, 4.69) is 35.3 Å². The summed E-state index contributed by atoms with van der Waals surface area (Å²) in [5.41, 5.74) is 4.32. The van der Waals surface area contributed by atoms with Gasteiger partial charge in [-0.2, -0.15) is 0 Å². The fraction of sp³-hybridized carbons (Fsp3) is 0.300. The van der Waals surface area contributed by atoms with Crippen LogP contribution in [0.1, 0.15) is 11.1 Å². The van der Waals surface area contributed by atoms with Gasteiger partial charge < -0.3 is 15.1 Å². The van der Waals surface area contributed by atoms with Gasteiger partial charge >= 0.3 is 6.03 Å². The standard InChI is InChI=1S/C20H22N4OS/c1-14-6-8-16(9-7-14)21-19(25)23-10-12-24(13-11-23)20-22-18-15(2)4-3-5-17(18)26-20/h3-9H,10-13H2,1-2H3,(H,21,25). The molecule has 5 nitrogen and oxygen atoms in total. The molecule has 4 rings (SSSR count). The Hall–Kier alpha value is -2.60. The maximum atomic E-state index is 12.5. The van der Waals surface area contributed by atoms with Gasteiger partial charge in [0.1, 0.15) is 0 Å². The van der Waals surface area contributed by atoms with E-state index >= 15 is 0 Å². The molecule has 0 unspecified atom stereocenters. The summed E-state index contributed by atoms with van der Waals surface area (Å²) in [4.78, 5) is 21.4. The fourth-order valence-electron chi connectivity index (χ4n) is 3.15. The van der Waals surface area contributed by atoms with E-state index in [-0.39, 0.29) is 6.03 Å². The first-order valence-corrected chi connectivity index (χ1v) is 9.65. The third kappa shape index (κ3) is 3.37. The summed E-state index contributed by atoms with van der Waals surface area (Å²) in [6.07, 6.45) is 0. The Morgan fingerprint density at radius 1 is 1.04 bits per heavy atom. The molecule has 2 aromatic carbocycles. The number of piperazine rings is 1. The van der Waals surface area contributed by atoms with Gasteiger partial charge in [0, 0.05) is 31.9 Å². The largest absolute Gasteiger partial charge is 0.345 e. The number of para-hydroxylation sites is 1. The molecule has 26 heavy (non-hydrogen) atoms. The molecule has 1 N–H and O–H groups in total. The van der Waals surface area contributed by atoms with Gasteiger partial charge in [0.05, 0.1) is 10.2 Å². The third-order valence-corrected chi connectivity index (χ3v) is 5.83. The van der Waals surface area contributed by atoms with Crippen LogP contribution >= 0.6 is 11.3 Å². The lowest BCUT2D eigenvalue weighted by atomic mass is 10.2. The zero-order chi connectivity index (χ0) is 18.1. The predicted octanol–water partition coefficient (Wildman–Crippen LogP) is 4.27. The molecule has 1 fully saturated rings. The molecule has 0 atom stereocenters. The summed E-state index contributed by atoms with van der Waals surface area (Å²) in [6.45, 7) is 7.15. The monoisotopic (exact) mass is 366 g/mol. The van der Waals surface area contributed by atoms with Crippen LogP contribution in [-0.2, 0) is 0 Å².